The molecule has 0 radical (unpaired) electrons. The average Bonchev–Trinajstić information content (AvgIpc) is 2.89. The quantitative estimate of drug-likeness (QED) is 0.781. The molecule has 6 nitrogen and oxygen atoms in total. The predicted molar refractivity (Wildman–Crippen MR) is 91.7 cm³/mol. The standard InChI is InChI=1S/C18H18N2O4/c1-3-20-14-10-9-12(11-16(14)24-18(20)22)19-17(21)13-7-5-6-8-15(13)23-4-2/h5-11H,3-4H2,1-2H3,(H,19,21). The molecule has 0 unspecified atom stereocenters. The van der Waals surface area contributed by atoms with Gasteiger partial charge >= 0.3 is 5.76 Å². The highest BCUT2D eigenvalue weighted by Gasteiger charge is 2.14. The second-order valence-electron chi connectivity index (χ2n) is 5.18. The van der Waals surface area contributed by atoms with Crippen LogP contribution in [0, 0.1) is 0 Å². The minimum atomic E-state index is -0.405. The molecule has 3 aromatic rings. The lowest BCUT2D eigenvalue weighted by atomic mass is 10.2. The van der Waals surface area contributed by atoms with Crippen LogP contribution in [0.1, 0.15) is 24.2 Å². The second-order valence-corrected chi connectivity index (χ2v) is 5.18. The molecular formula is C18H18N2O4. The minimum absolute atomic E-state index is 0.282. The van der Waals surface area contributed by atoms with Crippen LogP contribution in [0.5, 0.6) is 5.75 Å². The summed E-state index contributed by atoms with van der Waals surface area (Å²) in [5.74, 6) is -0.157. The van der Waals surface area contributed by atoms with Crippen molar-refractivity contribution < 1.29 is 13.9 Å². The van der Waals surface area contributed by atoms with Crippen LogP contribution >= 0.6 is 0 Å². The second kappa shape index (κ2) is 6.62. The third kappa shape index (κ3) is 2.90. The maximum atomic E-state index is 12.5. The third-order valence-electron chi connectivity index (χ3n) is 3.67. The molecule has 1 heterocycles. The van der Waals surface area contributed by atoms with Crippen molar-refractivity contribution >= 4 is 22.7 Å². The van der Waals surface area contributed by atoms with Crippen molar-refractivity contribution in [1.29, 1.82) is 0 Å². The number of amides is 1. The molecule has 0 fully saturated rings. The molecule has 0 saturated carbocycles. The molecule has 0 aliphatic heterocycles. The SMILES string of the molecule is CCOc1ccccc1C(=O)Nc1ccc2c(c1)oc(=O)n2CC. The number of anilines is 1. The van der Waals surface area contributed by atoms with E-state index in [0.29, 0.717) is 41.3 Å². The number of ether oxygens (including phenoxy) is 1. The summed E-state index contributed by atoms with van der Waals surface area (Å²) < 4.78 is 12.2. The molecule has 6 heteroatoms. The van der Waals surface area contributed by atoms with Crippen LogP contribution in [0.4, 0.5) is 5.69 Å². The Morgan fingerprint density at radius 2 is 2.00 bits per heavy atom. The number of nitrogens with one attached hydrogen (secondary N) is 1. The summed E-state index contributed by atoms with van der Waals surface area (Å²) >= 11 is 0. The summed E-state index contributed by atoms with van der Waals surface area (Å²) in [4.78, 5) is 24.2. The first-order chi connectivity index (χ1) is 11.6. The molecular weight excluding hydrogens is 308 g/mol. The first-order valence-corrected chi connectivity index (χ1v) is 7.80. The van der Waals surface area contributed by atoms with Crippen molar-refractivity contribution in [3.8, 4) is 5.75 Å². The van der Waals surface area contributed by atoms with Gasteiger partial charge in [0.15, 0.2) is 5.58 Å². The number of carbonyl (C=O) groups is 1. The molecule has 0 spiro atoms. The van der Waals surface area contributed by atoms with E-state index >= 15 is 0 Å². The Hall–Kier alpha value is -3.02. The van der Waals surface area contributed by atoms with Crippen LogP contribution in [0.3, 0.4) is 0 Å². The fourth-order valence-corrected chi connectivity index (χ4v) is 2.58. The Balaban J connectivity index is 1.90. The van der Waals surface area contributed by atoms with Crippen LogP contribution in [0.25, 0.3) is 11.1 Å². The van der Waals surface area contributed by atoms with E-state index in [0.717, 1.165) is 0 Å². The largest absolute Gasteiger partial charge is 0.493 e. The normalized spacial score (nSPS) is 10.8. The molecule has 0 saturated heterocycles. The van der Waals surface area contributed by atoms with Gasteiger partial charge in [0.1, 0.15) is 5.75 Å². The Kier molecular flexibility index (Phi) is 4.37. The van der Waals surface area contributed by atoms with Gasteiger partial charge in [0.25, 0.3) is 5.91 Å². The number of carbonyl (C=O) groups excluding carboxylic acids is 1. The van der Waals surface area contributed by atoms with E-state index in [1.165, 1.54) is 4.57 Å². The van der Waals surface area contributed by atoms with Crippen LogP contribution in [-0.2, 0) is 6.54 Å². The van der Waals surface area contributed by atoms with Crippen molar-refractivity contribution in [2.75, 3.05) is 11.9 Å². The van der Waals surface area contributed by atoms with E-state index in [1.807, 2.05) is 19.9 Å². The van der Waals surface area contributed by atoms with Gasteiger partial charge < -0.3 is 14.5 Å². The molecule has 124 valence electrons. The van der Waals surface area contributed by atoms with E-state index in [9.17, 15) is 9.59 Å². The van der Waals surface area contributed by atoms with Crippen molar-refractivity contribution in [1.82, 2.24) is 4.57 Å². The number of para-hydroxylation sites is 1. The van der Waals surface area contributed by atoms with Gasteiger partial charge in [0, 0.05) is 18.3 Å². The maximum Gasteiger partial charge on any atom is 0.419 e. The Labute approximate surface area is 138 Å². The molecule has 0 aliphatic rings. The highest BCUT2D eigenvalue weighted by Crippen LogP contribution is 2.22. The first-order valence-electron chi connectivity index (χ1n) is 7.80. The number of rotatable bonds is 5. The smallest absolute Gasteiger partial charge is 0.419 e. The average molecular weight is 326 g/mol. The predicted octanol–water partition coefficient (Wildman–Crippen LogP) is 3.27. The lowest BCUT2D eigenvalue weighted by molar-refractivity contribution is 0.102. The molecule has 24 heavy (non-hydrogen) atoms. The Morgan fingerprint density at radius 1 is 1.21 bits per heavy atom. The number of aryl methyl sites for hydroxylation is 1. The topological polar surface area (TPSA) is 73.5 Å². The van der Waals surface area contributed by atoms with Crippen molar-refractivity contribution in [2.24, 2.45) is 0 Å². The zero-order valence-electron chi connectivity index (χ0n) is 13.5. The lowest BCUT2D eigenvalue weighted by Gasteiger charge is -2.10. The summed E-state index contributed by atoms with van der Waals surface area (Å²) in [5.41, 5.74) is 2.15. The van der Waals surface area contributed by atoms with Gasteiger partial charge in [0.2, 0.25) is 0 Å². The van der Waals surface area contributed by atoms with E-state index in [-0.39, 0.29) is 5.91 Å². The number of aromatic nitrogens is 1. The highest BCUT2D eigenvalue weighted by atomic mass is 16.5. The molecule has 2 aromatic carbocycles. The Morgan fingerprint density at radius 3 is 2.75 bits per heavy atom. The first kappa shape index (κ1) is 15.9. The number of benzene rings is 2. The van der Waals surface area contributed by atoms with Crippen LogP contribution in [0.15, 0.2) is 51.7 Å². The molecule has 0 bridgehead atoms. The summed E-state index contributed by atoms with van der Waals surface area (Å²) in [6.45, 7) is 4.74. The summed E-state index contributed by atoms with van der Waals surface area (Å²) in [7, 11) is 0. The van der Waals surface area contributed by atoms with E-state index < -0.39 is 5.76 Å². The van der Waals surface area contributed by atoms with E-state index in [4.69, 9.17) is 9.15 Å². The highest BCUT2D eigenvalue weighted by molar-refractivity contribution is 6.06. The van der Waals surface area contributed by atoms with Crippen molar-refractivity contribution in [3.63, 3.8) is 0 Å². The molecule has 0 atom stereocenters. The molecule has 3 rings (SSSR count). The summed E-state index contributed by atoms with van der Waals surface area (Å²) in [6, 6.07) is 12.2. The minimum Gasteiger partial charge on any atom is -0.493 e. The number of nitrogens with zero attached hydrogens (tertiary/aromatic N) is 1. The molecule has 1 amide bonds. The van der Waals surface area contributed by atoms with Gasteiger partial charge in [-0.3, -0.25) is 9.36 Å². The van der Waals surface area contributed by atoms with Gasteiger partial charge in [0.05, 0.1) is 17.7 Å². The number of fused-ring (bicyclic) bond motifs is 1. The lowest BCUT2D eigenvalue weighted by Crippen LogP contribution is -2.13. The van der Waals surface area contributed by atoms with Gasteiger partial charge in [-0.2, -0.15) is 0 Å². The van der Waals surface area contributed by atoms with Gasteiger partial charge in [-0.05, 0) is 38.1 Å². The van der Waals surface area contributed by atoms with Crippen LogP contribution < -0.4 is 15.8 Å². The van der Waals surface area contributed by atoms with Crippen LogP contribution in [-0.4, -0.2) is 17.1 Å². The van der Waals surface area contributed by atoms with E-state index in [1.54, 1.807) is 36.4 Å². The van der Waals surface area contributed by atoms with Gasteiger partial charge in [-0.15, -0.1) is 0 Å². The van der Waals surface area contributed by atoms with Gasteiger partial charge in [-0.1, -0.05) is 12.1 Å². The summed E-state index contributed by atoms with van der Waals surface area (Å²) in [5, 5.41) is 2.81. The number of hydrogen-bond donors (Lipinski definition) is 1. The third-order valence-corrected chi connectivity index (χ3v) is 3.67. The Bertz CT molecular complexity index is 940. The zero-order valence-corrected chi connectivity index (χ0v) is 13.5. The van der Waals surface area contributed by atoms with E-state index in [2.05, 4.69) is 5.32 Å². The monoisotopic (exact) mass is 326 g/mol. The number of oxazole rings is 1. The van der Waals surface area contributed by atoms with Gasteiger partial charge in [-0.25, -0.2) is 4.79 Å². The fourth-order valence-electron chi connectivity index (χ4n) is 2.58. The zero-order chi connectivity index (χ0) is 17.1. The van der Waals surface area contributed by atoms with Crippen molar-refractivity contribution in [2.45, 2.75) is 20.4 Å². The van der Waals surface area contributed by atoms with Crippen molar-refractivity contribution in [3.05, 3.63) is 58.6 Å². The molecule has 0 aliphatic carbocycles. The molecule has 1 N–H and O–H groups in total. The van der Waals surface area contributed by atoms with Crippen LogP contribution in [0.2, 0.25) is 0 Å². The molecule has 1 aromatic heterocycles. The maximum absolute atomic E-state index is 12.5. The summed E-state index contributed by atoms with van der Waals surface area (Å²) in [6.07, 6.45) is 0. The fraction of sp³-hybridized carbons (Fsp3) is 0.222. The number of hydrogen-bond acceptors (Lipinski definition) is 4.